The van der Waals surface area contributed by atoms with Crippen molar-refractivity contribution < 1.29 is 9.53 Å². The number of aromatic amines is 1. The highest BCUT2D eigenvalue weighted by molar-refractivity contribution is 8.00. The summed E-state index contributed by atoms with van der Waals surface area (Å²) in [7, 11) is 0. The molecule has 0 radical (unpaired) electrons. The van der Waals surface area contributed by atoms with Crippen LogP contribution in [0.5, 0.6) is 0 Å². The van der Waals surface area contributed by atoms with E-state index in [1.54, 1.807) is 0 Å². The molecule has 1 aromatic carbocycles. The van der Waals surface area contributed by atoms with Gasteiger partial charge in [0.2, 0.25) is 0 Å². The molecule has 21 heavy (non-hydrogen) atoms. The van der Waals surface area contributed by atoms with Gasteiger partial charge in [-0.25, -0.2) is 0 Å². The Hall–Kier alpha value is -1.24. The average Bonchev–Trinajstić information content (AvgIpc) is 3.00. The first kappa shape index (κ1) is 13.4. The first-order valence-electron chi connectivity index (χ1n) is 6.45. The van der Waals surface area contributed by atoms with E-state index in [2.05, 4.69) is 4.98 Å². The Bertz CT molecular complexity index is 767. The molecule has 2 aliphatic rings. The summed E-state index contributed by atoms with van der Waals surface area (Å²) in [5.74, 6) is -0.559. The zero-order chi connectivity index (χ0) is 14.6. The van der Waals surface area contributed by atoms with E-state index in [4.69, 9.17) is 16.3 Å². The number of fused-ring (bicyclic) bond motifs is 2. The van der Waals surface area contributed by atoms with E-state index in [1.165, 1.54) is 23.1 Å². The van der Waals surface area contributed by atoms with Crippen LogP contribution in [-0.4, -0.2) is 22.8 Å². The van der Waals surface area contributed by atoms with Crippen molar-refractivity contribution in [3.05, 3.63) is 49.4 Å². The molecule has 1 fully saturated rings. The maximum absolute atomic E-state index is 12.1. The lowest BCUT2D eigenvalue weighted by molar-refractivity contribution is -0.141. The van der Waals surface area contributed by atoms with Gasteiger partial charge in [-0.1, -0.05) is 46.8 Å². The van der Waals surface area contributed by atoms with Crippen molar-refractivity contribution in [2.45, 2.75) is 16.2 Å². The van der Waals surface area contributed by atoms with Crippen molar-refractivity contribution in [1.29, 1.82) is 0 Å². The first-order chi connectivity index (χ1) is 10.1. The molecular weight excluding hydrogens is 330 g/mol. The minimum Gasteiger partial charge on any atom is -0.464 e. The number of hydrogen-bond acceptors (Lipinski definition) is 5. The van der Waals surface area contributed by atoms with E-state index < -0.39 is 0 Å². The highest BCUT2D eigenvalue weighted by atomic mass is 35.5. The van der Waals surface area contributed by atoms with Gasteiger partial charge in [-0.15, -0.1) is 0 Å². The number of aromatic nitrogens is 1. The second kappa shape index (κ2) is 4.90. The fraction of sp³-hybridized carbons (Fsp3) is 0.286. The predicted molar refractivity (Wildman–Crippen MR) is 82.3 cm³/mol. The number of ether oxygens (including phenoxy) is 1. The number of esters is 1. The molecule has 1 aromatic heterocycles. The van der Waals surface area contributed by atoms with E-state index >= 15 is 0 Å². The van der Waals surface area contributed by atoms with E-state index in [9.17, 15) is 9.59 Å². The monoisotopic (exact) mass is 339 g/mol. The van der Waals surface area contributed by atoms with Gasteiger partial charge in [-0.2, -0.15) is 0 Å². The summed E-state index contributed by atoms with van der Waals surface area (Å²) in [6.45, 7) is 0.398. The summed E-state index contributed by atoms with van der Waals surface area (Å²) in [5.41, 5.74) is 0.991. The highest BCUT2D eigenvalue weighted by Gasteiger charge is 2.49. The molecule has 0 spiro atoms. The van der Waals surface area contributed by atoms with E-state index in [1.807, 2.05) is 24.3 Å². The molecule has 1 saturated heterocycles. The Morgan fingerprint density at radius 3 is 2.76 bits per heavy atom. The lowest BCUT2D eigenvalue weighted by Crippen LogP contribution is -2.29. The van der Waals surface area contributed by atoms with Crippen molar-refractivity contribution in [2.75, 3.05) is 6.61 Å². The molecule has 0 aliphatic carbocycles. The largest absolute Gasteiger partial charge is 0.464 e. The predicted octanol–water partition coefficient (Wildman–Crippen LogP) is 2.87. The topological polar surface area (TPSA) is 59.2 Å². The van der Waals surface area contributed by atoms with Gasteiger partial charge in [0.1, 0.15) is 6.61 Å². The van der Waals surface area contributed by atoms with Gasteiger partial charge in [0.05, 0.1) is 16.2 Å². The van der Waals surface area contributed by atoms with Gasteiger partial charge in [-0.3, -0.25) is 9.59 Å². The minimum absolute atomic E-state index is 0.0518. The quantitative estimate of drug-likeness (QED) is 0.812. The summed E-state index contributed by atoms with van der Waals surface area (Å²) in [4.78, 5) is 27.5. The number of halogens is 1. The van der Waals surface area contributed by atoms with E-state index in [-0.39, 0.29) is 27.9 Å². The number of benzene rings is 1. The third-order valence-corrected chi connectivity index (χ3v) is 6.48. The van der Waals surface area contributed by atoms with Crippen LogP contribution in [0.1, 0.15) is 16.4 Å². The first-order valence-corrected chi connectivity index (χ1v) is 8.52. The Labute approximate surface area is 133 Å². The number of thioether (sulfide) groups is 1. The fourth-order valence-corrected chi connectivity index (χ4v) is 5.55. The third kappa shape index (κ3) is 2.13. The molecule has 1 N–H and O–H groups in total. The Morgan fingerprint density at radius 1 is 1.24 bits per heavy atom. The Balaban J connectivity index is 1.89. The summed E-state index contributed by atoms with van der Waals surface area (Å²) in [6.07, 6.45) is 0. The molecule has 2 aliphatic heterocycles. The smallest absolute Gasteiger partial charge is 0.311 e. The van der Waals surface area contributed by atoms with Crippen LogP contribution in [-0.2, 0) is 9.53 Å². The van der Waals surface area contributed by atoms with Gasteiger partial charge in [0.25, 0.3) is 0 Å². The van der Waals surface area contributed by atoms with E-state index in [0.717, 1.165) is 15.5 Å². The van der Waals surface area contributed by atoms with Gasteiger partial charge in [-0.05, 0) is 17.7 Å². The van der Waals surface area contributed by atoms with Gasteiger partial charge in [0.15, 0.2) is 0 Å². The number of carbonyl (C=O) groups is 1. The number of nitrogens with one attached hydrogen (secondary N) is 1. The average molecular weight is 340 g/mol. The third-order valence-electron chi connectivity index (χ3n) is 3.84. The SMILES string of the molecule is O=C1OC[C@@H]2Sc3[nH]c(=O)sc3[C@@H](c3ccc(Cl)cc3)[C@H]12. The maximum Gasteiger partial charge on any atom is 0.311 e. The fourth-order valence-electron chi connectivity index (χ4n) is 2.94. The van der Waals surface area contributed by atoms with Crippen molar-refractivity contribution >= 4 is 40.7 Å². The molecule has 7 heteroatoms. The molecule has 3 atom stereocenters. The number of carbonyl (C=O) groups excluding carboxylic acids is 1. The molecule has 0 bridgehead atoms. The second-order valence-corrected chi connectivity index (χ2v) is 7.75. The zero-order valence-electron chi connectivity index (χ0n) is 10.7. The summed E-state index contributed by atoms with van der Waals surface area (Å²) >= 11 is 8.66. The van der Waals surface area contributed by atoms with Crippen LogP contribution in [0.3, 0.4) is 0 Å². The molecule has 0 unspecified atom stereocenters. The molecule has 4 rings (SSSR count). The van der Waals surface area contributed by atoms with Crippen LogP contribution in [0.4, 0.5) is 0 Å². The van der Waals surface area contributed by atoms with Crippen LogP contribution in [0.2, 0.25) is 5.02 Å². The van der Waals surface area contributed by atoms with Crippen molar-refractivity contribution in [3.63, 3.8) is 0 Å². The zero-order valence-corrected chi connectivity index (χ0v) is 13.1. The van der Waals surface area contributed by atoms with Crippen LogP contribution < -0.4 is 4.87 Å². The Kier molecular flexibility index (Phi) is 3.13. The number of thiazole rings is 1. The van der Waals surface area contributed by atoms with Crippen LogP contribution in [0.15, 0.2) is 34.1 Å². The maximum atomic E-state index is 12.1. The highest BCUT2D eigenvalue weighted by Crippen LogP contribution is 2.51. The molecule has 2 aromatic rings. The molecule has 3 heterocycles. The molecule has 0 amide bonds. The second-order valence-electron chi connectivity index (χ2n) is 5.05. The number of hydrogen-bond donors (Lipinski definition) is 1. The molecular formula is C14H10ClNO3S2. The van der Waals surface area contributed by atoms with Crippen molar-refractivity contribution in [2.24, 2.45) is 5.92 Å². The van der Waals surface area contributed by atoms with Gasteiger partial charge >= 0.3 is 10.8 Å². The summed E-state index contributed by atoms with van der Waals surface area (Å²) < 4.78 is 5.23. The van der Waals surface area contributed by atoms with E-state index in [0.29, 0.717) is 11.6 Å². The van der Waals surface area contributed by atoms with Crippen LogP contribution in [0.25, 0.3) is 0 Å². The number of rotatable bonds is 1. The molecule has 0 saturated carbocycles. The normalized spacial score (nSPS) is 27.1. The van der Waals surface area contributed by atoms with Gasteiger partial charge < -0.3 is 9.72 Å². The lowest BCUT2D eigenvalue weighted by atomic mass is 9.83. The van der Waals surface area contributed by atoms with Crippen LogP contribution >= 0.6 is 34.7 Å². The minimum atomic E-state index is -0.241. The Morgan fingerprint density at radius 2 is 2.00 bits per heavy atom. The summed E-state index contributed by atoms with van der Waals surface area (Å²) in [6, 6.07) is 7.45. The number of H-pyrrole nitrogens is 1. The van der Waals surface area contributed by atoms with Gasteiger partial charge in [0, 0.05) is 15.8 Å². The molecule has 4 nitrogen and oxygen atoms in total. The molecule has 108 valence electrons. The van der Waals surface area contributed by atoms with Crippen LogP contribution in [0, 0.1) is 5.92 Å². The summed E-state index contributed by atoms with van der Waals surface area (Å²) in [5, 5.41) is 1.57. The number of cyclic esters (lactones) is 1. The standard InChI is InChI=1S/C14H10ClNO3S2/c15-7-3-1-6(2-4-7)9-10-8(5-19-13(10)17)20-12-11(9)21-14(18)16-12/h1-4,8-10H,5H2,(H,16,18)/t8-,9-,10+/m0/s1. The lowest BCUT2D eigenvalue weighted by Gasteiger charge is -2.29. The van der Waals surface area contributed by atoms with Crippen molar-refractivity contribution in [3.8, 4) is 0 Å². The van der Waals surface area contributed by atoms with Crippen molar-refractivity contribution in [1.82, 2.24) is 4.98 Å².